The van der Waals surface area contributed by atoms with Gasteiger partial charge in [0.2, 0.25) is 0 Å². The molecule has 0 aliphatic carbocycles. The molecule has 0 aliphatic heterocycles. The van der Waals surface area contributed by atoms with Crippen LogP contribution in [-0.2, 0) is 27.9 Å². The van der Waals surface area contributed by atoms with Crippen LogP contribution in [0.15, 0.2) is 16.9 Å². The van der Waals surface area contributed by atoms with E-state index >= 15 is 0 Å². The molecule has 1 aromatic rings. The van der Waals surface area contributed by atoms with Crippen molar-refractivity contribution in [3.8, 4) is 0 Å². The van der Waals surface area contributed by atoms with Crippen LogP contribution in [0.4, 0.5) is 0 Å². The first-order valence-electron chi connectivity index (χ1n) is 6.71. The van der Waals surface area contributed by atoms with Gasteiger partial charge in [-0.15, -0.1) is 0 Å². The molecule has 0 radical (unpaired) electrons. The number of methoxy groups -OCH3 is 1. The van der Waals surface area contributed by atoms with Gasteiger partial charge >= 0.3 is 5.97 Å². The van der Waals surface area contributed by atoms with E-state index < -0.39 is 5.97 Å². The lowest BCUT2D eigenvalue weighted by Gasteiger charge is -2.24. The third kappa shape index (κ3) is 4.20. The molecule has 5 nitrogen and oxygen atoms in total. The van der Waals surface area contributed by atoms with Crippen LogP contribution < -0.4 is 5.56 Å². The van der Waals surface area contributed by atoms with E-state index in [0.29, 0.717) is 18.7 Å². The van der Waals surface area contributed by atoms with Gasteiger partial charge in [0.15, 0.2) is 0 Å². The van der Waals surface area contributed by atoms with Crippen LogP contribution in [0.3, 0.4) is 0 Å². The van der Waals surface area contributed by atoms with Crippen LogP contribution in [0.1, 0.15) is 38.4 Å². The van der Waals surface area contributed by atoms with Crippen molar-refractivity contribution >= 4 is 5.97 Å². The second kappa shape index (κ2) is 6.70. The summed E-state index contributed by atoms with van der Waals surface area (Å²) in [6.07, 6.45) is 0.222. The van der Waals surface area contributed by atoms with Crippen LogP contribution in [0.5, 0.6) is 0 Å². The Bertz CT molecular complexity index is 526. The molecule has 0 saturated heterocycles. The number of hydrogen-bond acceptors (Lipinski definition) is 3. The zero-order valence-corrected chi connectivity index (χ0v) is 12.6. The molecule has 1 rings (SSSR count). The third-order valence-corrected chi connectivity index (χ3v) is 3.15. The van der Waals surface area contributed by atoms with Crippen molar-refractivity contribution in [2.75, 3.05) is 13.7 Å². The molecule has 0 spiro atoms. The SMILES string of the molecule is COCCn1c(C(C)(C)C)ccc(CCC(=O)O)c1=O. The van der Waals surface area contributed by atoms with Crippen LogP contribution in [0.25, 0.3) is 0 Å². The van der Waals surface area contributed by atoms with Gasteiger partial charge in [-0.05, 0) is 12.5 Å². The van der Waals surface area contributed by atoms with Gasteiger partial charge < -0.3 is 14.4 Å². The summed E-state index contributed by atoms with van der Waals surface area (Å²) < 4.78 is 6.75. The first kappa shape index (κ1) is 16.4. The van der Waals surface area contributed by atoms with Crippen molar-refractivity contribution in [2.45, 2.75) is 45.6 Å². The largest absolute Gasteiger partial charge is 0.481 e. The number of nitrogens with zero attached hydrogens (tertiary/aromatic N) is 1. The van der Waals surface area contributed by atoms with Crippen molar-refractivity contribution in [1.82, 2.24) is 4.57 Å². The highest BCUT2D eigenvalue weighted by Gasteiger charge is 2.20. The summed E-state index contributed by atoms with van der Waals surface area (Å²) in [6, 6.07) is 3.66. The second-order valence-electron chi connectivity index (χ2n) is 5.84. The summed E-state index contributed by atoms with van der Waals surface area (Å²) in [4.78, 5) is 23.1. The highest BCUT2D eigenvalue weighted by Crippen LogP contribution is 2.21. The van der Waals surface area contributed by atoms with E-state index in [9.17, 15) is 9.59 Å². The predicted octanol–water partition coefficient (Wildman–Crippen LogP) is 1.81. The summed E-state index contributed by atoms with van der Waals surface area (Å²) in [7, 11) is 1.59. The molecule has 1 N–H and O–H groups in total. The highest BCUT2D eigenvalue weighted by atomic mass is 16.5. The molecule has 0 unspecified atom stereocenters. The standard InChI is InChI=1S/C15H23NO4/c1-15(2,3)12-7-5-11(6-8-13(17)18)14(19)16(12)9-10-20-4/h5,7H,6,8-10H2,1-4H3,(H,17,18). The monoisotopic (exact) mass is 281 g/mol. The zero-order valence-electron chi connectivity index (χ0n) is 12.6. The number of rotatable bonds is 6. The molecule has 1 aromatic heterocycles. The van der Waals surface area contributed by atoms with Gasteiger partial charge in [-0.3, -0.25) is 9.59 Å². The maximum absolute atomic E-state index is 12.5. The minimum Gasteiger partial charge on any atom is -0.481 e. The van der Waals surface area contributed by atoms with Gasteiger partial charge in [-0.2, -0.15) is 0 Å². The van der Waals surface area contributed by atoms with Gasteiger partial charge in [-0.25, -0.2) is 0 Å². The number of carboxylic acids is 1. The van der Waals surface area contributed by atoms with Crippen molar-refractivity contribution < 1.29 is 14.6 Å². The van der Waals surface area contributed by atoms with E-state index in [4.69, 9.17) is 9.84 Å². The van der Waals surface area contributed by atoms with Crippen LogP contribution in [-0.4, -0.2) is 29.4 Å². The molecular weight excluding hydrogens is 258 g/mol. The Morgan fingerprint density at radius 3 is 2.50 bits per heavy atom. The molecule has 5 heteroatoms. The van der Waals surface area contributed by atoms with E-state index in [1.165, 1.54) is 0 Å². The average molecular weight is 281 g/mol. The fourth-order valence-corrected chi connectivity index (χ4v) is 2.11. The summed E-state index contributed by atoms with van der Waals surface area (Å²) in [6.45, 7) is 7.06. The summed E-state index contributed by atoms with van der Waals surface area (Å²) in [5.74, 6) is -0.896. The summed E-state index contributed by atoms with van der Waals surface area (Å²) in [5, 5.41) is 8.73. The topological polar surface area (TPSA) is 68.5 Å². The van der Waals surface area contributed by atoms with Crippen LogP contribution in [0, 0.1) is 0 Å². The molecule has 0 bridgehead atoms. The third-order valence-electron chi connectivity index (χ3n) is 3.15. The lowest BCUT2D eigenvalue weighted by atomic mass is 9.90. The number of ether oxygens (including phenoxy) is 1. The van der Waals surface area contributed by atoms with Crippen molar-refractivity contribution in [3.63, 3.8) is 0 Å². The normalized spacial score (nSPS) is 11.6. The van der Waals surface area contributed by atoms with Gasteiger partial charge in [0.25, 0.3) is 5.56 Å². The van der Waals surface area contributed by atoms with Crippen molar-refractivity contribution in [3.05, 3.63) is 33.7 Å². The number of hydrogen-bond donors (Lipinski definition) is 1. The van der Waals surface area contributed by atoms with E-state index in [1.54, 1.807) is 17.7 Å². The number of aromatic nitrogens is 1. The Hall–Kier alpha value is -1.62. The predicted molar refractivity (Wildman–Crippen MR) is 77.2 cm³/mol. The summed E-state index contributed by atoms with van der Waals surface area (Å²) in [5.41, 5.74) is 1.20. The Morgan fingerprint density at radius 2 is 2.00 bits per heavy atom. The van der Waals surface area contributed by atoms with Gasteiger partial charge in [-0.1, -0.05) is 26.8 Å². The first-order chi connectivity index (χ1) is 9.27. The van der Waals surface area contributed by atoms with E-state index in [-0.39, 0.29) is 23.8 Å². The Morgan fingerprint density at radius 1 is 1.35 bits per heavy atom. The molecule has 0 fully saturated rings. The molecule has 0 aliphatic rings. The maximum atomic E-state index is 12.5. The van der Waals surface area contributed by atoms with E-state index in [1.807, 2.05) is 26.8 Å². The molecular formula is C15H23NO4. The minimum atomic E-state index is -0.896. The van der Waals surface area contributed by atoms with Crippen molar-refractivity contribution in [2.24, 2.45) is 0 Å². The fourth-order valence-electron chi connectivity index (χ4n) is 2.11. The minimum absolute atomic E-state index is 0.0334. The quantitative estimate of drug-likeness (QED) is 0.863. The lowest BCUT2D eigenvalue weighted by Crippen LogP contribution is -2.33. The molecule has 0 atom stereocenters. The number of aliphatic carboxylic acids is 1. The molecule has 0 amide bonds. The van der Waals surface area contributed by atoms with Gasteiger partial charge in [0, 0.05) is 36.7 Å². The molecule has 20 heavy (non-hydrogen) atoms. The lowest BCUT2D eigenvalue weighted by molar-refractivity contribution is -0.136. The fraction of sp³-hybridized carbons (Fsp3) is 0.600. The highest BCUT2D eigenvalue weighted by molar-refractivity contribution is 5.67. The average Bonchev–Trinajstić information content (AvgIpc) is 2.34. The van der Waals surface area contributed by atoms with Gasteiger partial charge in [0.1, 0.15) is 0 Å². The zero-order chi connectivity index (χ0) is 15.3. The van der Waals surface area contributed by atoms with Crippen LogP contribution >= 0.6 is 0 Å². The number of carboxylic acid groups (broad SMARTS) is 1. The number of aryl methyl sites for hydroxylation is 1. The Balaban J connectivity index is 3.20. The Kier molecular flexibility index (Phi) is 5.51. The molecule has 0 saturated carbocycles. The van der Waals surface area contributed by atoms with E-state index in [0.717, 1.165) is 5.69 Å². The smallest absolute Gasteiger partial charge is 0.303 e. The van der Waals surface area contributed by atoms with E-state index in [2.05, 4.69) is 0 Å². The molecule has 0 aromatic carbocycles. The summed E-state index contributed by atoms with van der Waals surface area (Å²) >= 11 is 0. The maximum Gasteiger partial charge on any atom is 0.303 e. The van der Waals surface area contributed by atoms with Crippen molar-refractivity contribution in [1.29, 1.82) is 0 Å². The molecule has 1 heterocycles. The van der Waals surface area contributed by atoms with Crippen LogP contribution in [0.2, 0.25) is 0 Å². The first-order valence-corrected chi connectivity index (χ1v) is 6.71. The second-order valence-corrected chi connectivity index (χ2v) is 5.84. The molecule has 112 valence electrons. The van der Waals surface area contributed by atoms with Gasteiger partial charge in [0.05, 0.1) is 6.61 Å². The Labute approximate surface area is 119 Å². The number of carbonyl (C=O) groups is 1. The number of pyridine rings is 1.